The van der Waals surface area contributed by atoms with E-state index in [0.29, 0.717) is 6.10 Å². The molecule has 0 saturated carbocycles. The van der Waals surface area contributed by atoms with E-state index in [4.69, 9.17) is 4.74 Å². The molecule has 0 spiro atoms. The van der Waals surface area contributed by atoms with Crippen molar-refractivity contribution in [3.8, 4) is 0 Å². The maximum absolute atomic E-state index is 5.54. The summed E-state index contributed by atoms with van der Waals surface area (Å²) in [5.41, 5.74) is 1.09. The summed E-state index contributed by atoms with van der Waals surface area (Å²) in [5.74, 6) is 2.76. The maximum atomic E-state index is 5.54. The van der Waals surface area contributed by atoms with Crippen molar-refractivity contribution in [3.05, 3.63) is 11.4 Å². The number of ether oxygens (including phenoxy) is 1. The summed E-state index contributed by atoms with van der Waals surface area (Å²) in [6.07, 6.45) is 3.30. The molecule has 21 heavy (non-hydrogen) atoms. The van der Waals surface area contributed by atoms with Crippen LogP contribution in [0.4, 0.5) is 11.6 Å². The van der Waals surface area contributed by atoms with Gasteiger partial charge >= 0.3 is 0 Å². The summed E-state index contributed by atoms with van der Waals surface area (Å²) in [7, 11) is 0. The van der Waals surface area contributed by atoms with Gasteiger partial charge in [-0.25, -0.2) is 9.97 Å². The van der Waals surface area contributed by atoms with Crippen LogP contribution in [0.1, 0.15) is 51.9 Å². The Labute approximate surface area is 128 Å². The van der Waals surface area contributed by atoms with Gasteiger partial charge in [-0.3, -0.25) is 0 Å². The van der Waals surface area contributed by atoms with Crippen LogP contribution in [-0.4, -0.2) is 35.8 Å². The van der Waals surface area contributed by atoms with Gasteiger partial charge in [-0.15, -0.1) is 0 Å². The Kier molecular flexibility index (Phi) is 8.05. The van der Waals surface area contributed by atoms with Crippen LogP contribution in [-0.2, 0) is 11.2 Å². The minimum absolute atomic E-state index is 0.317. The van der Waals surface area contributed by atoms with E-state index in [9.17, 15) is 0 Å². The van der Waals surface area contributed by atoms with Crippen LogP contribution in [0, 0.1) is 6.92 Å². The number of unbranched alkanes of at least 4 members (excludes halogenated alkanes) is 1. The molecule has 0 fully saturated rings. The normalized spacial score (nSPS) is 11.0. The average Bonchev–Trinajstić information content (AvgIpc) is 2.46. The highest BCUT2D eigenvalue weighted by Gasteiger charge is 2.09. The van der Waals surface area contributed by atoms with Gasteiger partial charge in [0.05, 0.1) is 6.10 Å². The predicted molar refractivity (Wildman–Crippen MR) is 89.1 cm³/mol. The van der Waals surface area contributed by atoms with E-state index >= 15 is 0 Å². The third kappa shape index (κ3) is 6.29. The number of nitrogens with one attached hydrogen (secondary N) is 2. The molecule has 0 aromatic carbocycles. The highest BCUT2D eigenvalue weighted by molar-refractivity contribution is 5.57. The van der Waals surface area contributed by atoms with E-state index in [1.165, 1.54) is 0 Å². The van der Waals surface area contributed by atoms with Gasteiger partial charge in [0.2, 0.25) is 0 Å². The summed E-state index contributed by atoms with van der Waals surface area (Å²) in [5, 5.41) is 6.73. The number of hydrogen-bond donors (Lipinski definition) is 2. The molecule has 1 heterocycles. The zero-order chi connectivity index (χ0) is 15.7. The van der Waals surface area contributed by atoms with Crippen molar-refractivity contribution in [1.29, 1.82) is 0 Å². The molecule has 2 N–H and O–H groups in total. The van der Waals surface area contributed by atoms with Gasteiger partial charge < -0.3 is 15.4 Å². The summed E-state index contributed by atoms with van der Waals surface area (Å²) >= 11 is 0. The molecule has 1 aromatic rings. The smallest absolute Gasteiger partial charge is 0.134 e. The van der Waals surface area contributed by atoms with Gasteiger partial charge in [0.1, 0.15) is 17.5 Å². The Hall–Kier alpha value is -1.36. The number of anilines is 2. The zero-order valence-electron chi connectivity index (χ0n) is 14.1. The van der Waals surface area contributed by atoms with Crippen molar-refractivity contribution >= 4 is 11.6 Å². The van der Waals surface area contributed by atoms with Gasteiger partial charge in [-0.05, 0) is 40.5 Å². The van der Waals surface area contributed by atoms with E-state index < -0.39 is 0 Å². The molecule has 0 saturated heterocycles. The molecule has 0 aliphatic rings. The van der Waals surface area contributed by atoms with Crippen molar-refractivity contribution < 1.29 is 4.74 Å². The first kappa shape index (κ1) is 17.7. The fourth-order valence-corrected chi connectivity index (χ4v) is 1.99. The first-order valence-corrected chi connectivity index (χ1v) is 8.05. The fourth-order valence-electron chi connectivity index (χ4n) is 1.99. The quantitative estimate of drug-likeness (QED) is 0.648. The summed E-state index contributed by atoms with van der Waals surface area (Å²) in [4.78, 5) is 9.12. The van der Waals surface area contributed by atoms with Crippen LogP contribution < -0.4 is 10.6 Å². The Morgan fingerprint density at radius 1 is 1.05 bits per heavy atom. The maximum Gasteiger partial charge on any atom is 0.134 e. The lowest BCUT2D eigenvalue weighted by Gasteiger charge is -2.14. The molecule has 5 heteroatoms. The molecule has 0 aliphatic heterocycles. The zero-order valence-corrected chi connectivity index (χ0v) is 14.1. The number of aromatic nitrogens is 2. The van der Waals surface area contributed by atoms with E-state index in [1.807, 2.05) is 0 Å². The standard InChI is InChI=1S/C16H30N4O/c1-6-14-19-15(17-7-2)13(5)16(20-14)18-10-8-9-11-21-12(3)4/h12H,6-11H2,1-5H3,(H2,17,18,19,20). The first-order chi connectivity index (χ1) is 10.1. The monoisotopic (exact) mass is 294 g/mol. The van der Waals surface area contributed by atoms with E-state index in [-0.39, 0.29) is 0 Å². The van der Waals surface area contributed by atoms with Crippen LogP contribution >= 0.6 is 0 Å². The van der Waals surface area contributed by atoms with Crippen LogP contribution in [0.25, 0.3) is 0 Å². The minimum Gasteiger partial charge on any atom is -0.379 e. The van der Waals surface area contributed by atoms with Gasteiger partial charge in [0, 0.05) is 31.7 Å². The highest BCUT2D eigenvalue weighted by Crippen LogP contribution is 2.20. The van der Waals surface area contributed by atoms with Gasteiger partial charge in [-0.2, -0.15) is 0 Å². The van der Waals surface area contributed by atoms with Crippen LogP contribution in [0.15, 0.2) is 0 Å². The fraction of sp³-hybridized carbons (Fsp3) is 0.750. The molecule has 1 aromatic heterocycles. The molecule has 120 valence electrons. The molecule has 1 rings (SSSR count). The second-order valence-electron chi connectivity index (χ2n) is 5.40. The topological polar surface area (TPSA) is 59.1 Å². The first-order valence-electron chi connectivity index (χ1n) is 8.05. The third-order valence-electron chi connectivity index (χ3n) is 3.17. The Bertz CT molecular complexity index is 421. The van der Waals surface area contributed by atoms with Crippen molar-refractivity contribution in [2.24, 2.45) is 0 Å². The molecule has 0 aliphatic carbocycles. The second-order valence-corrected chi connectivity index (χ2v) is 5.40. The summed E-state index contributed by atoms with van der Waals surface area (Å²) in [6.45, 7) is 12.9. The molecule has 0 radical (unpaired) electrons. The number of hydrogen-bond acceptors (Lipinski definition) is 5. The molecular formula is C16H30N4O. The third-order valence-corrected chi connectivity index (χ3v) is 3.17. The van der Waals surface area contributed by atoms with E-state index in [2.05, 4.69) is 55.2 Å². The van der Waals surface area contributed by atoms with Crippen LogP contribution in [0.3, 0.4) is 0 Å². The van der Waals surface area contributed by atoms with Crippen LogP contribution in [0.2, 0.25) is 0 Å². The van der Waals surface area contributed by atoms with Crippen LogP contribution in [0.5, 0.6) is 0 Å². The lowest BCUT2D eigenvalue weighted by atomic mass is 10.2. The number of rotatable bonds is 10. The van der Waals surface area contributed by atoms with Gasteiger partial charge in [-0.1, -0.05) is 6.92 Å². The molecule has 5 nitrogen and oxygen atoms in total. The van der Waals surface area contributed by atoms with Gasteiger partial charge in [0.15, 0.2) is 0 Å². The highest BCUT2D eigenvalue weighted by atomic mass is 16.5. The number of nitrogens with zero attached hydrogens (tertiary/aromatic N) is 2. The molecular weight excluding hydrogens is 264 g/mol. The predicted octanol–water partition coefficient (Wildman–Crippen LogP) is 3.40. The Morgan fingerprint density at radius 3 is 2.29 bits per heavy atom. The molecule has 0 unspecified atom stereocenters. The Balaban J connectivity index is 2.51. The molecule has 0 bridgehead atoms. The lowest BCUT2D eigenvalue weighted by molar-refractivity contribution is 0.0765. The second kappa shape index (κ2) is 9.55. The van der Waals surface area contributed by atoms with Crippen molar-refractivity contribution in [2.45, 2.75) is 60.0 Å². The molecule has 0 amide bonds. The summed E-state index contributed by atoms with van der Waals surface area (Å²) < 4.78 is 5.54. The van der Waals surface area contributed by atoms with E-state index in [0.717, 1.165) is 62.0 Å². The van der Waals surface area contributed by atoms with Gasteiger partial charge in [0.25, 0.3) is 0 Å². The minimum atomic E-state index is 0.317. The summed E-state index contributed by atoms with van der Waals surface area (Å²) in [6, 6.07) is 0. The lowest BCUT2D eigenvalue weighted by Crippen LogP contribution is -2.12. The SMILES string of the molecule is CCNc1nc(CC)nc(NCCCCOC(C)C)c1C. The Morgan fingerprint density at radius 2 is 1.71 bits per heavy atom. The van der Waals surface area contributed by atoms with Crippen molar-refractivity contribution in [3.63, 3.8) is 0 Å². The number of aryl methyl sites for hydroxylation is 1. The van der Waals surface area contributed by atoms with Crippen molar-refractivity contribution in [1.82, 2.24) is 9.97 Å². The molecule has 0 atom stereocenters. The largest absolute Gasteiger partial charge is 0.379 e. The van der Waals surface area contributed by atoms with Crippen molar-refractivity contribution in [2.75, 3.05) is 30.3 Å². The van der Waals surface area contributed by atoms with E-state index in [1.54, 1.807) is 0 Å². The average molecular weight is 294 g/mol.